The van der Waals surface area contributed by atoms with E-state index in [9.17, 15) is 0 Å². The third-order valence-electron chi connectivity index (χ3n) is 4.29. The van der Waals surface area contributed by atoms with E-state index < -0.39 is 0 Å². The highest BCUT2D eigenvalue weighted by Crippen LogP contribution is 2.37. The van der Waals surface area contributed by atoms with Gasteiger partial charge in [0.25, 0.3) is 0 Å². The van der Waals surface area contributed by atoms with Crippen LogP contribution in [0.15, 0.2) is 71.9 Å². The summed E-state index contributed by atoms with van der Waals surface area (Å²) >= 11 is 0. The van der Waals surface area contributed by atoms with Crippen LogP contribution in [-0.2, 0) is 0 Å². The molecule has 0 aliphatic heterocycles. The number of fused-ring (bicyclic) bond motifs is 3. The van der Waals surface area contributed by atoms with Gasteiger partial charge in [-0.25, -0.2) is 4.98 Å². The number of hydrogen-bond acceptors (Lipinski definition) is 3. The summed E-state index contributed by atoms with van der Waals surface area (Å²) in [6, 6.07) is 18.3. The van der Waals surface area contributed by atoms with E-state index in [2.05, 4.69) is 41.0 Å². The minimum Gasteiger partial charge on any atom is -0.262 e. The number of aromatic nitrogens is 2. The second-order valence-electron chi connectivity index (χ2n) is 5.78. The van der Waals surface area contributed by atoms with Crippen molar-refractivity contribution in [3.05, 3.63) is 72.4 Å². The maximum atomic E-state index is 4.96. The van der Waals surface area contributed by atoms with E-state index in [-0.39, 0.29) is 0 Å². The van der Waals surface area contributed by atoms with Gasteiger partial charge in [-0.05, 0) is 37.9 Å². The summed E-state index contributed by atoms with van der Waals surface area (Å²) in [5.41, 5.74) is 5.62. The summed E-state index contributed by atoms with van der Waals surface area (Å²) in [6.45, 7) is 5.74. The molecule has 0 radical (unpaired) electrons. The van der Waals surface area contributed by atoms with Crippen LogP contribution in [-0.4, -0.2) is 16.7 Å². The van der Waals surface area contributed by atoms with Crippen molar-refractivity contribution in [1.29, 1.82) is 0 Å². The Kier molecular flexibility index (Phi) is 3.82. The number of benzene rings is 2. The zero-order valence-corrected chi connectivity index (χ0v) is 14.0. The van der Waals surface area contributed by atoms with Crippen molar-refractivity contribution >= 4 is 40.3 Å². The summed E-state index contributed by atoms with van der Waals surface area (Å²) in [6.07, 6.45) is 5.83. The minimum atomic E-state index is 0.801. The minimum absolute atomic E-state index is 0.801. The summed E-state index contributed by atoms with van der Waals surface area (Å²) < 4.78 is 0. The summed E-state index contributed by atoms with van der Waals surface area (Å²) in [7, 11) is 0. The van der Waals surface area contributed by atoms with E-state index in [1.807, 2.05) is 49.4 Å². The SMILES string of the molecule is C=Nc1c(/C=C\C)c2ccc(-c3ccccc3)nc2c2cccnc12. The standard InChI is InChI=1S/C22H17N3/c1-3-8-16-17-12-13-19(15-9-5-4-6-10-15)25-20(17)18-11-7-14-24-22(18)21(16)23-2/h3-14H,2H2,1H3/b8-3-. The number of aliphatic imine (C=N–C) groups is 1. The van der Waals surface area contributed by atoms with E-state index in [1.165, 1.54) is 0 Å². The van der Waals surface area contributed by atoms with Gasteiger partial charge in [0.05, 0.1) is 22.4 Å². The van der Waals surface area contributed by atoms with Gasteiger partial charge in [0.1, 0.15) is 0 Å². The van der Waals surface area contributed by atoms with E-state index in [4.69, 9.17) is 4.98 Å². The van der Waals surface area contributed by atoms with Crippen molar-refractivity contribution in [3.63, 3.8) is 0 Å². The lowest BCUT2D eigenvalue weighted by Gasteiger charge is -2.12. The first-order chi connectivity index (χ1) is 12.3. The highest BCUT2D eigenvalue weighted by molar-refractivity contribution is 6.14. The molecule has 2 aromatic heterocycles. The first-order valence-corrected chi connectivity index (χ1v) is 8.19. The second-order valence-corrected chi connectivity index (χ2v) is 5.78. The van der Waals surface area contributed by atoms with E-state index in [0.717, 1.165) is 44.3 Å². The molecule has 3 nitrogen and oxygen atoms in total. The third-order valence-corrected chi connectivity index (χ3v) is 4.29. The number of pyridine rings is 2. The molecule has 0 aliphatic rings. The van der Waals surface area contributed by atoms with Crippen LogP contribution in [0, 0.1) is 0 Å². The Labute approximate surface area is 146 Å². The fourth-order valence-electron chi connectivity index (χ4n) is 3.19. The van der Waals surface area contributed by atoms with Crippen LogP contribution in [0.5, 0.6) is 0 Å². The third kappa shape index (κ3) is 2.50. The normalized spacial score (nSPS) is 11.4. The molecule has 0 aliphatic carbocycles. The number of hydrogen-bond donors (Lipinski definition) is 0. The van der Waals surface area contributed by atoms with Crippen molar-refractivity contribution in [3.8, 4) is 11.3 Å². The molecule has 0 unspecified atom stereocenters. The molecular weight excluding hydrogens is 306 g/mol. The molecule has 0 saturated carbocycles. The van der Waals surface area contributed by atoms with E-state index in [0.29, 0.717) is 0 Å². The van der Waals surface area contributed by atoms with Gasteiger partial charge < -0.3 is 0 Å². The van der Waals surface area contributed by atoms with Crippen LogP contribution >= 0.6 is 0 Å². The lowest BCUT2D eigenvalue weighted by molar-refractivity contribution is 1.37. The number of allylic oxidation sites excluding steroid dienone is 1. The van der Waals surface area contributed by atoms with Gasteiger partial charge >= 0.3 is 0 Å². The lowest BCUT2D eigenvalue weighted by atomic mass is 9.99. The monoisotopic (exact) mass is 323 g/mol. The molecule has 0 amide bonds. The van der Waals surface area contributed by atoms with Crippen molar-refractivity contribution in [2.45, 2.75) is 6.92 Å². The Morgan fingerprint density at radius 2 is 1.76 bits per heavy atom. The Hall–Kier alpha value is -3.33. The predicted octanol–water partition coefficient (Wildman–Crippen LogP) is 5.82. The Bertz CT molecular complexity index is 1110. The molecule has 0 bridgehead atoms. The molecule has 0 N–H and O–H groups in total. The van der Waals surface area contributed by atoms with Crippen LogP contribution in [0.25, 0.3) is 39.1 Å². The molecule has 4 aromatic rings. The van der Waals surface area contributed by atoms with E-state index >= 15 is 0 Å². The fourth-order valence-corrected chi connectivity index (χ4v) is 3.19. The zero-order chi connectivity index (χ0) is 17.2. The zero-order valence-electron chi connectivity index (χ0n) is 14.0. The van der Waals surface area contributed by atoms with Crippen LogP contribution < -0.4 is 0 Å². The summed E-state index contributed by atoms with van der Waals surface area (Å²) in [5, 5.41) is 2.05. The van der Waals surface area contributed by atoms with Gasteiger partial charge in [0.2, 0.25) is 0 Å². The van der Waals surface area contributed by atoms with Crippen LogP contribution in [0.3, 0.4) is 0 Å². The highest BCUT2D eigenvalue weighted by atomic mass is 14.8. The van der Waals surface area contributed by atoms with Gasteiger partial charge in [0.15, 0.2) is 0 Å². The Balaban J connectivity index is 2.15. The topological polar surface area (TPSA) is 38.1 Å². The highest BCUT2D eigenvalue weighted by Gasteiger charge is 2.14. The molecular formula is C22H17N3. The van der Waals surface area contributed by atoms with Gasteiger partial charge in [-0.3, -0.25) is 9.98 Å². The smallest absolute Gasteiger partial charge is 0.0986 e. The van der Waals surface area contributed by atoms with E-state index in [1.54, 1.807) is 6.20 Å². The largest absolute Gasteiger partial charge is 0.262 e. The summed E-state index contributed by atoms with van der Waals surface area (Å²) in [4.78, 5) is 13.8. The molecule has 2 aromatic carbocycles. The average Bonchev–Trinajstić information content (AvgIpc) is 2.68. The molecule has 0 fully saturated rings. The quantitative estimate of drug-likeness (QED) is 0.352. The van der Waals surface area contributed by atoms with Gasteiger partial charge in [-0.1, -0.05) is 42.5 Å². The number of nitrogens with zero attached hydrogens (tertiary/aromatic N) is 3. The summed E-state index contributed by atoms with van der Waals surface area (Å²) in [5.74, 6) is 0. The molecule has 0 saturated heterocycles. The van der Waals surface area contributed by atoms with Gasteiger partial charge in [0, 0.05) is 28.1 Å². The maximum absolute atomic E-state index is 4.96. The molecule has 0 spiro atoms. The molecule has 120 valence electrons. The van der Waals surface area contributed by atoms with Crippen molar-refractivity contribution in [2.75, 3.05) is 0 Å². The molecule has 3 heteroatoms. The fraction of sp³-hybridized carbons (Fsp3) is 0.0455. The van der Waals surface area contributed by atoms with Crippen molar-refractivity contribution < 1.29 is 0 Å². The molecule has 0 atom stereocenters. The van der Waals surface area contributed by atoms with Gasteiger partial charge in [-0.15, -0.1) is 0 Å². The second kappa shape index (κ2) is 6.29. The van der Waals surface area contributed by atoms with Crippen LogP contribution in [0.2, 0.25) is 0 Å². The first kappa shape index (κ1) is 15.2. The van der Waals surface area contributed by atoms with Crippen molar-refractivity contribution in [1.82, 2.24) is 9.97 Å². The van der Waals surface area contributed by atoms with Crippen LogP contribution in [0.1, 0.15) is 12.5 Å². The maximum Gasteiger partial charge on any atom is 0.0986 e. The predicted molar refractivity (Wildman–Crippen MR) is 106 cm³/mol. The van der Waals surface area contributed by atoms with Crippen LogP contribution in [0.4, 0.5) is 5.69 Å². The molecule has 2 heterocycles. The molecule has 25 heavy (non-hydrogen) atoms. The average molecular weight is 323 g/mol. The first-order valence-electron chi connectivity index (χ1n) is 8.19. The van der Waals surface area contributed by atoms with Gasteiger partial charge in [-0.2, -0.15) is 0 Å². The number of rotatable bonds is 3. The Morgan fingerprint density at radius 3 is 2.52 bits per heavy atom. The Morgan fingerprint density at radius 1 is 0.920 bits per heavy atom. The molecule has 4 rings (SSSR count). The van der Waals surface area contributed by atoms with Crippen molar-refractivity contribution in [2.24, 2.45) is 4.99 Å². The lowest BCUT2D eigenvalue weighted by Crippen LogP contribution is -1.92.